The molecule has 2 aromatic rings. The largest absolute Gasteiger partial charge is 0.491 e. The van der Waals surface area contributed by atoms with Gasteiger partial charge >= 0.3 is 0 Å². The number of carbonyl (C=O) groups is 1. The molecule has 1 atom stereocenters. The van der Waals surface area contributed by atoms with E-state index in [0.717, 1.165) is 5.56 Å². The number of amides is 1. The number of hydrogen-bond acceptors (Lipinski definition) is 4. The van der Waals surface area contributed by atoms with E-state index in [0.29, 0.717) is 24.5 Å². The van der Waals surface area contributed by atoms with Crippen molar-refractivity contribution in [3.05, 3.63) is 59.2 Å². The van der Waals surface area contributed by atoms with Crippen molar-refractivity contribution >= 4 is 25.1 Å². The molecule has 3 rings (SSSR count). The lowest BCUT2D eigenvalue weighted by Crippen LogP contribution is -2.35. The number of nitrogens with one attached hydrogen (secondary N) is 1. The summed E-state index contributed by atoms with van der Waals surface area (Å²) in [6.07, 6.45) is 0. The van der Waals surface area contributed by atoms with E-state index >= 15 is 0 Å². The number of ether oxygens (including phenoxy) is 1. The van der Waals surface area contributed by atoms with Crippen LogP contribution in [0.15, 0.2) is 42.5 Å². The topological polar surface area (TPSA) is 61.8 Å². The molecular formula is C18H22N2O3S. The van der Waals surface area contributed by atoms with Gasteiger partial charge in [0.2, 0.25) is 0 Å². The zero-order valence-electron chi connectivity index (χ0n) is 13.7. The molecule has 5 nitrogen and oxygen atoms in total. The van der Waals surface area contributed by atoms with Gasteiger partial charge in [-0.15, -0.1) is 0 Å². The number of para-hydroxylation sites is 1. The van der Waals surface area contributed by atoms with Gasteiger partial charge < -0.3 is 9.64 Å². The zero-order valence-corrected chi connectivity index (χ0v) is 14.7. The molecule has 1 heterocycles. The first-order valence-electron chi connectivity index (χ1n) is 7.62. The zero-order chi connectivity index (χ0) is 16.4. The molecule has 0 bridgehead atoms. The van der Waals surface area contributed by atoms with E-state index in [4.69, 9.17) is 9.94 Å². The second-order valence-corrected chi connectivity index (χ2v) is 5.84. The third-order valence-electron chi connectivity index (χ3n) is 4.21. The maximum Gasteiger partial charge on any atom is 0.274 e. The molecule has 0 aliphatic carbocycles. The van der Waals surface area contributed by atoms with Crippen LogP contribution >= 0.6 is 13.5 Å². The third-order valence-corrected chi connectivity index (χ3v) is 4.21. The second-order valence-electron chi connectivity index (χ2n) is 5.84. The highest BCUT2D eigenvalue weighted by atomic mass is 32.1. The highest BCUT2D eigenvalue weighted by molar-refractivity contribution is 7.59. The van der Waals surface area contributed by atoms with E-state index in [1.807, 2.05) is 18.2 Å². The number of carbonyl (C=O) groups excluding carboxylic acids is 1. The lowest BCUT2D eigenvalue weighted by atomic mass is 10.1. The average molecular weight is 346 g/mol. The molecule has 1 aliphatic rings. The van der Waals surface area contributed by atoms with Crippen LogP contribution in [0.25, 0.3) is 0 Å². The van der Waals surface area contributed by atoms with E-state index in [-0.39, 0.29) is 19.5 Å². The Labute approximate surface area is 148 Å². The normalized spacial score (nSPS) is 16.3. The fourth-order valence-corrected chi connectivity index (χ4v) is 2.87. The van der Waals surface area contributed by atoms with Crippen LogP contribution in [0.4, 0.5) is 5.69 Å². The number of benzene rings is 2. The number of nitrogens with zero attached hydrogens (tertiary/aromatic N) is 1. The molecule has 1 amide bonds. The van der Waals surface area contributed by atoms with Crippen LogP contribution in [0.2, 0.25) is 0 Å². The van der Waals surface area contributed by atoms with Crippen molar-refractivity contribution in [1.29, 1.82) is 0 Å². The van der Waals surface area contributed by atoms with Crippen LogP contribution in [-0.4, -0.2) is 23.8 Å². The van der Waals surface area contributed by atoms with Crippen LogP contribution in [-0.2, 0) is 6.54 Å². The van der Waals surface area contributed by atoms with Gasteiger partial charge in [0, 0.05) is 23.4 Å². The number of aryl methyl sites for hydroxylation is 1. The lowest BCUT2D eigenvalue weighted by molar-refractivity contribution is 0.0706. The molecule has 0 fully saturated rings. The Kier molecular flexibility index (Phi) is 5.75. The Hall–Kier alpha value is -2.18. The smallest absolute Gasteiger partial charge is 0.274 e. The molecule has 0 radical (unpaired) electrons. The van der Waals surface area contributed by atoms with Gasteiger partial charge in [-0.05, 0) is 37.6 Å². The lowest BCUT2D eigenvalue weighted by Gasteiger charge is -2.30. The Morgan fingerprint density at radius 3 is 2.75 bits per heavy atom. The predicted octanol–water partition coefficient (Wildman–Crippen LogP) is 3.01. The molecule has 1 aliphatic heterocycles. The first-order chi connectivity index (χ1) is 11.1. The maximum atomic E-state index is 11.6. The number of fused-ring (bicyclic) bond motifs is 1. The number of hydrogen-bond donors (Lipinski definition) is 2. The summed E-state index contributed by atoms with van der Waals surface area (Å²) in [4.78, 5) is 13.9. The van der Waals surface area contributed by atoms with Crippen molar-refractivity contribution in [2.45, 2.75) is 26.4 Å². The Morgan fingerprint density at radius 1 is 1.29 bits per heavy atom. The van der Waals surface area contributed by atoms with Crippen molar-refractivity contribution in [2.75, 3.05) is 11.5 Å². The fraction of sp³-hybridized carbons (Fsp3) is 0.278. The standard InChI is InChI=1S/C18H20N2O3.H2S/c1-12-5-3-4-6-16(12)20-10-15-8-7-14(18(21)19-22)9-17(15)23-11-13(20)2;/h3-9,13,22H,10-11H2,1-2H3,(H,19,21);1H2/t13-;/m0./s1. The van der Waals surface area contributed by atoms with Crippen LogP contribution in [0, 0.1) is 6.92 Å². The Morgan fingerprint density at radius 2 is 2.04 bits per heavy atom. The SMILES string of the molecule is Cc1ccccc1N1Cc2ccc(C(=O)NO)cc2OC[C@@H]1C.S. The van der Waals surface area contributed by atoms with E-state index < -0.39 is 5.91 Å². The van der Waals surface area contributed by atoms with E-state index in [2.05, 4.69) is 30.9 Å². The minimum Gasteiger partial charge on any atom is -0.491 e. The Bertz CT molecular complexity index is 736. The van der Waals surface area contributed by atoms with Gasteiger partial charge in [-0.1, -0.05) is 24.3 Å². The number of hydroxylamine groups is 1. The molecule has 24 heavy (non-hydrogen) atoms. The summed E-state index contributed by atoms with van der Waals surface area (Å²) in [5, 5.41) is 8.76. The van der Waals surface area contributed by atoms with Gasteiger partial charge in [0.25, 0.3) is 5.91 Å². The summed E-state index contributed by atoms with van der Waals surface area (Å²) in [5.41, 5.74) is 5.46. The minimum atomic E-state index is -0.538. The minimum absolute atomic E-state index is 0. The monoisotopic (exact) mass is 346 g/mol. The molecule has 0 aromatic heterocycles. The van der Waals surface area contributed by atoms with Crippen molar-refractivity contribution in [2.24, 2.45) is 0 Å². The van der Waals surface area contributed by atoms with Crippen LogP contribution < -0.4 is 15.1 Å². The average Bonchev–Trinajstić information content (AvgIpc) is 2.73. The molecule has 0 unspecified atom stereocenters. The van der Waals surface area contributed by atoms with Crippen LogP contribution in [0.3, 0.4) is 0 Å². The molecule has 2 aromatic carbocycles. The van der Waals surface area contributed by atoms with Gasteiger partial charge in [-0.3, -0.25) is 10.0 Å². The van der Waals surface area contributed by atoms with Gasteiger partial charge in [-0.25, -0.2) is 5.48 Å². The molecule has 0 spiro atoms. The van der Waals surface area contributed by atoms with Gasteiger partial charge in [-0.2, -0.15) is 13.5 Å². The summed E-state index contributed by atoms with van der Waals surface area (Å²) >= 11 is 0. The van der Waals surface area contributed by atoms with Gasteiger partial charge in [0.05, 0.1) is 6.04 Å². The summed E-state index contributed by atoms with van der Waals surface area (Å²) in [7, 11) is 0. The number of anilines is 1. The van der Waals surface area contributed by atoms with E-state index in [1.165, 1.54) is 11.3 Å². The van der Waals surface area contributed by atoms with E-state index in [1.54, 1.807) is 17.6 Å². The second kappa shape index (κ2) is 7.59. The maximum absolute atomic E-state index is 11.6. The summed E-state index contributed by atoms with van der Waals surface area (Å²) in [5.74, 6) is 0.151. The molecule has 128 valence electrons. The summed E-state index contributed by atoms with van der Waals surface area (Å²) in [6.45, 7) is 5.47. The molecule has 0 saturated heterocycles. The Balaban J connectivity index is 0.00000208. The molecular weight excluding hydrogens is 324 g/mol. The third kappa shape index (κ3) is 3.49. The van der Waals surface area contributed by atoms with Crippen LogP contribution in [0.1, 0.15) is 28.4 Å². The fourth-order valence-electron chi connectivity index (χ4n) is 2.87. The highest BCUT2D eigenvalue weighted by Crippen LogP contribution is 2.31. The highest BCUT2D eigenvalue weighted by Gasteiger charge is 2.23. The summed E-state index contributed by atoms with van der Waals surface area (Å²) in [6, 6.07) is 13.7. The van der Waals surface area contributed by atoms with Crippen molar-refractivity contribution in [3.63, 3.8) is 0 Å². The van der Waals surface area contributed by atoms with Crippen LogP contribution in [0.5, 0.6) is 5.75 Å². The van der Waals surface area contributed by atoms with Gasteiger partial charge in [0.15, 0.2) is 0 Å². The van der Waals surface area contributed by atoms with Crippen molar-refractivity contribution in [1.82, 2.24) is 5.48 Å². The molecule has 0 saturated carbocycles. The quantitative estimate of drug-likeness (QED) is 0.648. The van der Waals surface area contributed by atoms with Crippen molar-refractivity contribution < 1.29 is 14.7 Å². The van der Waals surface area contributed by atoms with Crippen molar-refractivity contribution in [3.8, 4) is 5.75 Å². The molecule has 6 heteroatoms. The van der Waals surface area contributed by atoms with Gasteiger partial charge in [0.1, 0.15) is 12.4 Å². The predicted molar refractivity (Wildman–Crippen MR) is 98.4 cm³/mol. The first-order valence-corrected chi connectivity index (χ1v) is 7.62. The number of rotatable bonds is 2. The first kappa shape index (κ1) is 18.2. The molecule has 2 N–H and O–H groups in total. The summed E-state index contributed by atoms with van der Waals surface area (Å²) < 4.78 is 5.88. The van der Waals surface area contributed by atoms with E-state index in [9.17, 15) is 4.79 Å².